The summed E-state index contributed by atoms with van der Waals surface area (Å²) in [5, 5.41) is 0.367. The molecule has 0 saturated carbocycles. The van der Waals surface area contributed by atoms with Crippen LogP contribution in [-0.2, 0) is 29.0 Å². The third kappa shape index (κ3) is 4.51. The van der Waals surface area contributed by atoms with Gasteiger partial charge in [-0.1, -0.05) is 23.7 Å². The fourth-order valence-corrected chi connectivity index (χ4v) is 3.35. The third-order valence-electron chi connectivity index (χ3n) is 4.60. The molecule has 3 nitrogen and oxygen atoms in total. The van der Waals surface area contributed by atoms with E-state index in [0.29, 0.717) is 28.7 Å². The molecule has 0 amide bonds. The summed E-state index contributed by atoms with van der Waals surface area (Å²) in [5.74, 6) is 0.457. The molecule has 0 bridgehead atoms. The normalized spacial score (nSPS) is 16.2. The SMILES string of the molecule is COC(=O)CC1CCc2ccc(OCc3ccc(Cl)cc3F)cc2C1. The number of benzene rings is 2. The van der Waals surface area contributed by atoms with Gasteiger partial charge in [-0.15, -0.1) is 0 Å². The number of methoxy groups -OCH3 is 1. The third-order valence-corrected chi connectivity index (χ3v) is 4.84. The molecule has 1 atom stereocenters. The van der Waals surface area contributed by atoms with Crippen molar-refractivity contribution in [2.75, 3.05) is 7.11 Å². The molecule has 0 spiro atoms. The first-order valence-electron chi connectivity index (χ1n) is 8.30. The lowest BCUT2D eigenvalue weighted by Crippen LogP contribution is -2.18. The maximum absolute atomic E-state index is 13.8. The lowest BCUT2D eigenvalue weighted by molar-refractivity contribution is -0.141. The predicted octanol–water partition coefficient (Wildman–Crippen LogP) is 4.73. The van der Waals surface area contributed by atoms with Crippen LogP contribution in [0.5, 0.6) is 5.75 Å². The quantitative estimate of drug-likeness (QED) is 0.721. The average molecular weight is 363 g/mol. The lowest BCUT2D eigenvalue weighted by atomic mass is 9.82. The van der Waals surface area contributed by atoms with Crippen molar-refractivity contribution in [3.63, 3.8) is 0 Å². The van der Waals surface area contributed by atoms with Crippen LogP contribution < -0.4 is 4.74 Å². The fraction of sp³-hybridized carbons (Fsp3) is 0.350. The van der Waals surface area contributed by atoms with E-state index >= 15 is 0 Å². The Balaban J connectivity index is 1.66. The highest BCUT2D eigenvalue weighted by atomic mass is 35.5. The Labute approximate surface area is 151 Å². The number of halogens is 2. The Morgan fingerprint density at radius 1 is 1.24 bits per heavy atom. The second-order valence-electron chi connectivity index (χ2n) is 6.34. The van der Waals surface area contributed by atoms with Crippen LogP contribution >= 0.6 is 11.6 Å². The number of ether oxygens (including phenoxy) is 2. The van der Waals surface area contributed by atoms with Crippen molar-refractivity contribution < 1.29 is 18.7 Å². The molecule has 0 aromatic heterocycles. The van der Waals surface area contributed by atoms with Crippen LogP contribution in [0.4, 0.5) is 4.39 Å². The maximum atomic E-state index is 13.8. The Bertz CT molecular complexity index is 776. The summed E-state index contributed by atoms with van der Waals surface area (Å²) in [5.41, 5.74) is 2.94. The fourth-order valence-electron chi connectivity index (χ4n) is 3.19. The zero-order valence-corrected chi connectivity index (χ0v) is 14.8. The van der Waals surface area contributed by atoms with Gasteiger partial charge >= 0.3 is 5.97 Å². The molecule has 2 aromatic carbocycles. The van der Waals surface area contributed by atoms with Crippen LogP contribution in [0.1, 0.15) is 29.5 Å². The highest BCUT2D eigenvalue weighted by molar-refractivity contribution is 6.30. The number of aryl methyl sites for hydroxylation is 1. The molecule has 0 radical (unpaired) electrons. The summed E-state index contributed by atoms with van der Waals surface area (Å²) in [7, 11) is 1.42. The van der Waals surface area contributed by atoms with E-state index in [4.69, 9.17) is 21.1 Å². The molecule has 0 fully saturated rings. The molecule has 1 aliphatic carbocycles. The van der Waals surface area contributed by atoms with E-state index in [1.807, 2.05) is 12.1 Å². The molecule has 132 valence electrons. The molecule has 0 aliphatic heterocycles. The van der Waals surface area contributed by atoms with Crippen molar-refractivity contribution in [3.8, 4) is 5.75 Å². The number of hydrogen-bond acceptors (Lipinski definition) is 3. The standard InChI is InChI=1S/C20H20ClFO3/c1-24-20(23)9-13-2-3-14-5-7-18(10-16(14)8-13)25-12-15-4-6-17(21)11-19(15)22/h4-7,10-11,13H,2-3,8-9,12H2,1H3. The second-order valence-corrected chi connectivity index (χ2v) is 6.78. The number of fused-ring (bicyclic) bond motifs is 1. The number of hydrogen-bond donors (Lipinski definition) is 0. The van der Waals surface area contributed by atoms with Gasteiger partial charge in [-0.05, 0) is 60.6 Å². The van der Waals surface area contributed by atoms with E-state index in [2.05, 4.69) is 6.07 Å². The van der Waals surface area contributed by atoms with E-state index in [1.165, 1.54) is 24.3 Å². The lowest BCUT2D eigenvalue weighted by Gasteiger charge is -2.24. The van der Waals surface area contributed by atoms with Crippen molar-refractivity contribution in [3.05, 3.63) is 63.9 Å². The maximum Gasteiger partial charge on any atom is 0.305 e. The molecular formula is C20H20ClFO3. The van der Waals surface area contributed by atoms with E-state index in [9.17, 15) is 9.18 Å². The molecule has 3 rings (SSSR count). The Kier molecular flexibility index (Phi) is 5.59. The second kappa shape index (κ2) is 7.87. The van der Waals surface area contributed by atoms with E-state index in [-0.39, 0.29) is 18.4 Å². The smallest absolute Gasteiger partial charge is 0.305 e. The van der Waals surface area contributed by atoms with Gasteiger partial charge in [-0.2, -0.15) is 0 Å². The van der Waals surface area contributed by atoms with Crippen molar-refractivity contribution in [1.82, 2.24) is 0 Å². The first kappa shape index (κ1) is 17.7. The summed E-state index contributed by atoms with van der Waals surface area (Å²) in [6.07, 6.45) is 3.20. The van der Waals surface area contributed by atoms with Gasteiger partial charge in [0.2, 0.25) is 0 Å². The van der Waals surface area contributed by atoms with E-state index < -0.39 is 0 Å². The Hall–Kier alpha value is -2.07. The van der Waals surface area contributed by atoms with Gasteiger partial charge in [-0.25, -0.2) is 4.39 Å². The molecule has 1 aliphatic rings. The van der Waals surface area contributed by atoms with Crippen LogP contribution in [0.2, 0.25) is 5.02 Å². The van der Waals surface area contributed by atoms with Gasteiger partial charge in [0, 0.05) is 17.0 Å². The molecule has 0 heterocycles. The van der Waals surface area contributed by atoms with Crippen molar-refractivity contribution in [1.29, 1.82) is 0 Å². The summed E-state index contributed by atoms with van der Waals surface area (Å²) >= 11 is 5.76. The van der Waals surface area contributed by atoms with Crippen molar-refractivity contribution >= 4 is 17.6 Å². The van der Waals surface area contributed by atoms with Crippen LogP contribution in [-0.4, -0.2) is 13.1 Å². The van der Waals surface area contributed by atoms with Gasteiger partial charge in [-0.3, -0.25) is 4.79 Å². The minimum absolute atomic E-state index is 0.146. The summed E-state index contributed by atoms with van der Waals surface area (Å²) < 4.78 is 24.3. The number of rotatable bonds is 5. The van der Waals surface area contributed by atoms with Crippen LogP contribution in [0.3, 0.4) is 0 Å². The van der Waals surface area contributed by atoms with Gasteiger partial charge in [0.25, 0.3) is 0 Å². The zero-order valence-electron chi connectivity index (χ0n) is 14.1. The van der Waals surface area contributed by atoms with Crippen LogP contribution in [0.25, 0.3) is 0 Å². The molecule has 25 heavy (non-hydrogen) atoms. The first-order valence-corrected chi connectivity index (χ1v) is 8.68. The average Bonchev–Trinajstić information content (AvgIpc) is 2.60. The molecule has 5 heteroatoms. The zero-order chi connectivity index (χ0) is 17.8. The van der Waals surface area contributed by atoms with Crippen LogP contribution in [0, 0.1) is 11.7 Å². The predicted molar refractivity (Wildman–Crippen MR) is 94.3 cm³/mol. The minimum Gasteiger partial charge on any atom is -0.489 e. The van der Waals surface area contributed by atoms with Gasteiger partial charge in [0.1, 0.15) is 18.2 Å². The first-order chi connectivity index (χ1) is 12.0. The van der Waals surface area contributed by atoms with Crippen molar-refractivity contribution in [2.24, 2.45) is 5.92 Å². The molecule has 0 N–H and O–H groups in total. The molecule has 1 unspecified atom stereocenters. The van der Waals surface area contributed by atoms with Gasteiger partial charge in [0.05, 0.1) is 7.11 Å². The van der Waals surface area contributed by atoms with Crippen molar-refractivity contribution in [2.45, 2.75) is 32.3 Å². The number of carbonyl (C=O) groups is 1. The number of carbonyl (C=O) groups excluding carboxylic acids is 1. The Morgan fingerprint density at radius 3 is 2.84 bits per heavy atom. The van der Waals surface area contributed by atoms with Crippen LogP contribution in [0.15, 0.2) is 36.4 Å². The Morgan fingerprint density at radius 2 is 2.08 bits per heavy atom. The summed E-state index contributed by atoms with van der Waals surface area (Å²) in [6.45, 7) is 0.146. The molecule has 2 aromatic rings. The van der Waals surface area contributed by atoms with Gasteiger partial charge < -0.3 is 9.47 Å². The van der Waals surface area contributed by atoms with E-state index in [0.717, 1.165) is 19.3 Å². The topological polar surface area (TPSA) is 35.5 Å². The summed E-state index contributed by atoms with van der Waals surface area (Å²) in [6, 6.07) is 10.5. The highest BCUT2D eigenvalue weighted by Crippen LogP contribution is 2.31. The molecule has 0 saturated heterocycles. The monoisotopic (exact) mass is 362 g/mol. The number of esters is 1. The summed E-state index contributed by atoms with van der Waals surface area (Å²) in [4.78, 5) is 11.5. The minimum atomic E-state index is -0.372. The van der Waals surface area contributed by atoms with Gasteiger partial charge in [0.15, 0.2) is 0 Å². The highest BCUT2D eigenvalue weighted by Gasteiger charge is 2.22. The van der Waals surface area contributed by atoms with E-state index in [1.54, 1.807) is 12.1 Å². The largest absolute Gasteiger partial charge is 0.489 e. The molecular weight excluding hydrogens is 343 g/mol.